The van der Waals surface area contributed by atoms with E-state index in [1.54, 1.807) is 30.3 Å². The highest BCUT2D eigenvalue weighted by molar-refractivity contribution is 6.31. The van der Waals surface area contributed by atoms with Crippen LogP contribution in [0.15, 0.2) is 56.8 Å². The maximum absolute atomic E-state index is 12.9. The zero-order valence-electron chi connectivity index (χ0n) is 13.7. The fourth-order valence-corrected chi connectivity index (χ4v) is 3.22. The van der Waals surface area contributed by atoms with Crippen LogP contribution in [0, 0.1) is 11.3 Å². The maximum atomic E-state index is 12.9. The van der Waals surface area contributed by atoms with E-state index in [4.69, 9.17) is 11.6 Å². The standard InChI is InChI=1S/C19H11ClN4O3/c20-12-5-6-13-14(7-12)22-16-15(17(13)25)19(27)24(23-18(16)26)9-11-4-2-1-3-10(11)8-21/h1-7H,9H2,(H,22,25)(H,23,26). The smallest absolute Gasteiger partial charge is 0.287 e. The quantitative estimate of drug-likeness (QED) is 0.520. The minimum Gasteiger partial charge on any atom is -0.350 e. The molecule has 4 aromatic rings. The monoisotopic (exact) mass is 378 g/mol. The third kappa shape index (κ3) is 2.72. The van der Waals surface area contributed by atoms with Gasteiger partial charge in [-0.2, -0.15) is 5.26 Å². The molecule has 27 heavy (non-hydrogen) atoms. The molecule has 2 N–H and O–H groups in total. The molecule has 7 nitrogen and oxygen atoms in total. The van der Waals surface area contributed by atoms with Gasteiger partial charge in [0.05, 0.1) is 23.7 Å². The van der Waals surface area contributed by atoms with Crippen molar-refractivity contribution in [1.82, 2.24) is 14.8 Å². The molecule has 2 aromatic carbocycles. The van der Waals surface area contributed by atoms with Gasteiger partial charge in [0.25, 0.3) is 11.1 Å². The van der Waals surface area contributed by atoms with Crippen LogP contribution in [0.2, 0.25) is 5.02 Å². The maximum Gasteiger partial charge on any atom is 0.287 e. The Bertz CT molecular complexity index is 1440. The van der Waals surface area contributed by atoms with Crippen LogP contribution in [0.3, 0.4) is 0 Å². The van der Waals surface area contributed by atoms with Crippen LogP contribution in [0.1, 0.15) is 11.1 Å². The number of nitrogens with zero attached hydrogens (tertiary/aromatic N) is 2. The Morgan fingerprint density at radius 2 is 1.89 bits per heavy atom. The first-order valence-corrected chi connectivity index (χ1v) is 8.34. The molecule has 4 rings (SSSR count). The number of nitriles is 1. The lowest BCUT2D eigenvalue weighted by Gasteiger charge is -2.09. The van der Waals surface area contributed by atoms with Crippen molar-refractivity contribution in [2.24, 2.45) is 0 Å². The summed E-state index contributed by atoms with van der Waals surface area (Å²) in [5.41, 5.74) is -0.599. The number of hydrogen-bond donors (Lipinski definition) is 2. The summed E-state index contributed by atoms with van der Waals surface area (Å²) in [7, 11) is 0. The Morgan fingerprint density at radius 3 is 2.67 bits per heavy atom. The molecule has 2 heterocycles. The molecule has 0 atom stereocenters. The van der Waals surface area contributed by atoms with Gasteiger partial charge in [-0.25, -0.2) is 4.68 Å². The van der Waals surface area contributed by atoms with E-state index >= 15 is 0 Å². The third-order valence-corrected chi connectivity index (χ3v) is 4.59. The van der Waals surface area contributed by atoms with E-state index in [2.05, 4.69) is 10.1 Å². The summed E-state index contributed by atoms with van der Waals surface area (Å²) in [5, 5.41) is 12.1. The minimum atomic E-state index is -0.643. The van der Waals surface area contributed by atoms with Crippen molar-refractivity contribution in [3.63, 3.8) is 0 Å². The first-order valence-electron chi connectivity index (χ1n) is 7.96. The molecule has 0 aliphatic carbocycles. The largest absolute Gasteiger partial charge is 0.350 e. The molecule has 2 aromatic heterocycles. The zero-order chi connectivity index (χ0) is 19.1. The van der Waals surface area contributed by atoms with Gasteiger partial charge in [0.15, 0.2) is 0 Å². The van der Waals surface area contributed by atoms with Crippen molar-refractivity contribution >= 4 is 33.4 Å². The van der Waals surface area contributed by atoms with Crippen molar-refractivity contribution in [3.05, 3.63) is 89.5 Å². The number of fused-ring (bicyclic) bond motifs is 2. The second-order valence-electron chi connectivity index (χ2n) is 6.00. The lowest BCUT2D eigenvalue weighted by Crippen LogP contribution is -2.34. The topological polar surface area (TPSA) is 112 Å². The molecule has 0 fully saturated rings. The number of hydrogen-bond acceptors (Lipinski definition) is 4. The first-order chi connectivity index (χ1) is 13.0. The summed E-state index contributed by atoms with van der Waals surface area (Å²) < 4.78 is 1.04. The van der Waals surface area contributed by atoms with Crippen molar-refractivity contribution in [2.45, 2.75) is 6.54 Å². The molecule has 132 valence electrons. The number of benzene rings is 2. The fraction of sp³-hybridized carbons (Fsp3) is 0.0526. The van der Waals surface area contributed by atoms with Crippen LogP contribution in [-0.4, -0.2) is 14.8 Å². The molecule has 0 aliphatic rings. The molecular weight excluding hydrogens is 368 g/mol. The molecule has 0 unspecified atom stereocenters. The highest BCUT2D eigenvalue weighted by Gasteiger charge is 2.15. The number of nitrogens with one attached hydrogen (secondary N) is 2. The van der Waals surface area contributed by atoms with Crippen molar-refractivity contribution in [3.8, 4) is 6.07 Å². The van der Waals surface area contributed by atoms with Gasteiger partial charge >= 0.3 is 0 Å². The van der Waals surface area contributed by atoms with E-state index in [1.807, 2.05) is 6.07 Å². The van der Waals surface area contributed by atoms with Gasteiger partial charge in [0.1, 0.15) is 10.9 Å². The summed E-state index contributed by atoms with van der Waals surface area (Å²) in [5.74, 6) is 0. The van der Waals surface area contributed by atoms with Crippen LogP contribution < -0.4 is 16.5 Å². The predicted molar refractivity (Wildman–Crippen MR) is 102 cm³/mol. The van der Waals surface area contributed by atoms with E-state index < -0.39 is 16.5 Å². The van der Waals surface area contributed by atoms with E-state index in [0.717, 1.165) is 4.68 Å². The van der Waals surface area contributed by atoms with Gasteiger partial charge in [0, 0.05) is 10.4 Å². The van der Waals surface area contributed by atoms with E-state index in [-0.39, 0.29) is 22.8 Å². The summed E-state index contributed by atoms with van der Waals surface area (Å²) in [4.78, 5) is 41.0. The summed E-state index contributed by atoms with van der Waals surface area (Å²) in [6, 6.07) is 13.3. The lowest BCUT2D eigenvalue weighted by atomic mass is 10.1. The average molecular weight is 379 g/mol. The van der Waals surface area contributed by atoms with Gasteiger partial charge < -0.3 is 4.98 Å². The third-order valence-electron chi connectivity index (χ3n) is 4.35. The lowest BCUT2D eigenvalue weighted by molar-refractivity contribution is 0.635. The Balaban J connectivity index is 2.03. The van der Waals surface area contributed by atoms with Crippen molar-refractivity contribution < 1.29 is 0 Å². The second-order valence-corrected chi connectivity index (χ2v) is 6.43. The molecule has 0 saturated carbocycles. The van der Waals surface area contributed by atoms with Gasteiger partial charge in [-0.15, -0.1) is 0 Å². The molecule has 0 saturated heterocycles. The highest BCUT2D eigenvalue weighted by atomic mass is 35.5. The molecular formula is C19H11ClN4O3. The Morgan fingerprint density at radius 1 is 1.11 bits per heavy atom. The van der Waals surface area contributed by atoms with Gasteiger partial charge in [-0.1, -0.05) is 29.8 Å². The molecule has 0 radical (unpaired) electrons. The number of rotatable bonds is 2. The van der Waals surface area contributed by atoms with Crippen LogP contribution in [-0.2, 0) is 6.54 Å². The first kappa shape index (κ1) is 16.8. The fourth-order valence-electron chi connectivity index (χ4n) is 3.05. The molecule has 0 spiro atoms. The number of aromatic amines is 2. The van der Waals surface area contributed by atoms with E-state index in [9.17, 15) is 19.6 Å². The molecule has 0 amide bonds. The van der Waals surface area contributed by atoms with Crippen LogP contribution in [0.4, 0.5) is 0 Å². The predicted octanol–water partition coefficient (Wildman–Crippen LogP) is 2.10. The molecule has 0 aliphatic heterocycles. The van der Waals surface area contributed by atoms with Gasteiger partial charge in [0.2, 0.25) is 5.43 Å². The Kier molecular flexibility index (Phi) is 3.90. The summed E-state index contributed by atoms with van der Waals surface area (Å²) in [6.07, 6.45) is 0. The summed E-state index contributed by atoms with van der Waals surface area (Å²) >= 11 is 5.94. The number of aromatic nitrogens is 3. The highest BCUT2D eigenvalue weighted by Crippen LogP contribution is 2.16. The Labute approximate surface area is 156 Å². The van der Waals surface area contributed by atoms with Crippen LogP contribution in [0.25, 0.3) is 21.8 Å². The number of halogens is 1. The number of pyridine rings is 1. The van der Waals surface area contributed by atoms with Gasteiger partial charge in [-0.05, 0) is 29.8 Å². The van der Waals surface area contributed by atoms with Crippen molar-refractivity contribution in [1.29, 1.82) is 5.26 Å². The SMILES string of the molecule is N#Cc1ccccc1Cn1[nH]c(=O)c2[nH]c3cc(Cl)ccc3c(=O)c2c1=O. The summed E-state index contributed by atoms with van der Waals surface area (Å²) in [6.45, 7) is -0.0359. The minimum absolute atomic E-state index is 0.0359. The van der Waals surface area contributed by atoms with Gasteiger partial charge in [-0.3, -0.25) is 19.5 Å². The average Bonchev–Trinajstić information content (AvgIpc) is 2.66. The van der Waals surface area contributed by atoms with Crippen molar-refractivity contribution in [2.75, 3.05) is 0 Å². The van der Waals surface area contributed by atoms with E-state index in [0.29, 0.717) is 21.7 Å². The molecule has 0 bridgehead atoms. The normalized spacial score (nSPS) is 11.0. The second kappa shape index (κ2) is 6.27. The van der Waals surface area contributed by atoms with Crippen LogP contribution >= 0.6 is 11.6 Å². The zero-order valence-corrected chi connectivity index (χ0v) is 14.5. The van der Waals surface area contributed by atoms with Crippen LogP contribution in [0.5, 0.6) is 0 Å². The Hall–Kier alpha value is -3.63. The number of H-pyrrole nitrogens is 2. The molecule has 8 heteroatoms. The van der Waals surface area contributed by atoms with E-state index in [1.165, 1.54) is 12.1 Å².